The fraction of sp³-hybridized carbons (Fsp3) is 0.111. The van der Waals surface area contributed by atoms with Gasteiger partial charge >= 0.3 is 5.97 Å². The van der Waals surface area contributed by atoms with Crippen molar-refractivity contribution in [3.8, 4) is 0 Å². The van der Waals surface area contributed by atoms with E-state index in [0.29, 0.717) is 10.6 Å². The van der Waals surface area contributed by atoms with Crippen LogP contribution in [-0.2, 0) is 19.7 Å². The highest BCUT2D eigenvalue weighted by Crippen LogP contribution is 2.23. The van der Waals surface area contributed by atoms with Crippen molar-refractivity contribution in [2.24, 2.45) is 4.99 Å². The first-order valence-electron chi connectivity index (χ1n) is 8.24. The van der Waals surface area contributed by atoms with Crippen molar-refractivity contribution in [3.05, 3.63) is 65.2 Å². The standard InChI is InChI=1S/C18H13N3O6S/c22-15(27-21-17(23)11-5-1-2-6-12(11)18(21)24)9-10-19-16-13-7-3-4-8-14(13)28(25,26)20-16/h1-8H,9-10H2,(H,19,20). The maximum Gasteiger partial charge on any atom is 0.335 e. The quantitative estimate of drug-likeness (QED) is 0.761. The summed E-state index contributed by atoms with van der Waals surface area (Å²) in [5, 5.41) is 0.424. The van der Waals surface area contributed by atoms with Crippen LogP contribution in [0.15, 0.2) is 58.4 Å². The Balaban J connectivity index is 1.41. The van der Waals surface area contributed by atoms with E-state index in [-0.39, 0.29) is 34.8 Å². The Bertz CT molecular complexity index is 1120. The molecule has 0 bridgehead atoms. The molecule has 2 amide bonds. The van der Waals surface area contributed by atoms with E-state index < -0.39 is 27.8 Å². The van der Waals surface area contributed by atoms with Crippen LogP contribution in [0.4, 0.5) is 0 Å². The van der Waals surface area contributed by atoms with E-state index in [0.717, 1.165) is 0 Å². The zero-order chi connectivity index (χ0) is 19.9. The lowest BCUT2D eigenvalue weighted by atomic mass is 10.1. The Kier molecular flexibility index (Phi) is 4.19. The number of nitrogens with one attached hydrogen (secondary N) is 1. The third kappa shape index (κ3) is 2.93. The summed E-state index contributed by atoms with van der Waals surface area (Å²) in [5.41, 5.74) is 0.742. The Morgan fingerprint density at radius 2 is 1.54 bits per heavy atom. The molecule has 0 radical (unpaired) electrons. The Morgan fingerprint density at radius 1 is 0.964 bits per heavy atom. The van der Waals surface area contributed by atoms with E-state index in [1.54, 1.807) is 30.3 Å². The lowest BCUT2D eigenvalue weighted by Gasteiger charge is -2.12. The molecule has 0 atom stereocenters. The Hall–Kier alpha value is -3.53. The van der Waals surface area contributed by atoms with Gasteiger partial charge in [0.05, 0.1) is 29.0 Å². The molecule has 9 nitrogen and oxygen atoms in total. The second kappa shape index (κ2) is 6.57. The van der Waals surface area contributed by atoms with Gasteiger partial charge in [0.1, 0.15) is 5.84 Å². The second-order valence-corrected chi connectivity index (χ2v) is 7.65. The number of benzene rings is 2. The number of hydrogen-bond acceptors (Lipinski definition) is 7. The number of sulfonamides is 1. The fourth-order valence-corrected chi connectivity index (χ4v) is 4.16. The average molecular weight is 399 g/mol. The third-order valence-electron chi connectivity index (χ3n) is 4.20. The van der Waals surface area contributed by atoms with Gasteiger partial charge in [0.2, 0.25) is 0 Å². The number of nitrogens with zero attached hydrogens (tertiary/aromatic N) is 2. The van der Waals surface area contributed by atoms with Crippen LogP contribution in [0.5, 0.6) is 0 Å². The number of carbonyl (C=O) groups is 3. The van der Waals surface area contributed by atoms with Crippen LogP contribution in [0.25, 0.3) is 0 Å². The van der Waals surface area contributed by atoms with Gasteiger partial charge in [-0.15, -0.1) is 0 Å². The van der Waals surface area contributed by atoms with Crippen LogP contribution in [-0.4, -0.2) is 43.6 Å². The van der Waals surface area contributed by atoms with E-state index >= 15 is 0 Å². The summed E-state index contributed by atoms with van der Waals surface area (Å²) in [5.74, 6) is -2.13. The molecule has 0 aromatic heterocycles. The van der Waals surface area contributed by atoms with Crippen LogP contribution < -0.4 is 4.72 Å². The molecule has 2 aliphatic heterocycles. The second-order valence-electron chi connectivity index (χ2n) is 6.00. The van der Waals surface area contributed by atoms with Crippen molar-refractivity contribution < 1.29 is 27.6 Å². The number of hydrogen-bond donors (Lipinski definition) is 1. The number of carbonyl (C=O) groups excluding carboxylic acids is 3. The molecule has 2 aromatic carbocycles. The average Bonchev–Trinajstić information content (AvgIpc) is 3.08. The number of amidine groups is 1. The van der Waals surface area contributed by atoms with Gasteiger partial charge in [-0.25, -0.2) is 13.2 Å². The molecule has 0 spiro atoms. The molecule has 0 unspecified atom stereocenters. The van der Waals surface area contributed by atoms with Gasteiger partial charge in [-0.05, 0) is 24.3 Å². The van der Waals surface area contributed by atoms with Crippen molar-refractivity contribution >= 4 is 33.6 Å². The maximum absolute atomic E-state index is 12.2. The minimum Gasteiger partial charge on any atom is -0.330 e. The Morgan fingerprint density at radius 3 is 2.18 bits per heavy atom. The summed E-state index contributed by atoms with van der Waals surface area (Å²) in [6.45, 7) is -0.0891. The van der Waals surface area contributed by atoms with Crippen molar-refractivity contribution in [1.29, 1.82) is 0 Å². The predicted molar refractivity (Wildman–Crippen MR) is 95.8 cm³/mol. The van der Waals surface area contributed by atoms with Crippen molar-refractivity contribution in [3.63, 3.8) is 0 Å². The number of rotatable bonds is 4. The van der Waals surface area contributed by atoms with Crippen LogP contribution in [0.3, 0.4) is 0 Å². The number of imide groups is 1. The van der Waals surface area contributed by atoms with Crippen molar-refractivity contribution in [2.75, 3.05) is 6.54 Å². The number of amides is 2. The van der Waals surface area contributed by atoms with E-state index in [4.69, 9.17) is 4.84 Å². The molecule has 2 aromatic rings. The van der Waals surface area contributed by atoms with Crippen molar-refractivity contribution in [2.45, 2.75) is 11.3 Å². The summed E-state index contributed by atoms with van der Waals surface area (Å²) in [6.07, 6.45) is -0.249. The molecule has 142 valence electrons. The number of hydroxylamine groups is 2. The highest BCUT2D eigenvalue weighted by atomic mass is 32.2. The Labute approximate surface area is 159 Å². The molecule has 28 heavy (non-hydrogen) atoms. The topological polar surface area (TPSA) is 122 Å². The molecule has 4 rings (SSSR count). The first-order valence-corrected chi connectivity index (χ1v) is 9.72. The fourth-order valence-electron chi connectivity index (χ4n) is 2.91. The molecular weight excluding hydrogens is 386 g/mol. The summed E-state index contributed by atoms with van der Waals surface area (Å²) in [4.78, 5) is 45.4. The van der Waals surface area contributed by atoms with Crippen LogP contribution in [0, 0.1) is 0 Å². The largest absolute Gasteiger partial charge is 0.335 e. The first-order chi connectivity index (χ1) is 13.4. The molecule has 10 heteroatoms. The minimum atomic E-state index is -3.66. The van der Waals surface area contributed by atoms with E-state index in [1.807, 2.05) is 0 Å². The van der Waals surface area contributed by atoms with Crippen LogP contribution >= 0.6 is 0 Å². The molecule has 0 fully saturated rings. The number of aliphatic imine (C=N–C) groups is 1. The maximum atomic E-state index is 12.2. The summed E-state index contributed by atoms with van der Waals surface area (Å²) >= 11 is 0. The SMILES string of the molecule is O=C(CCN=C1NS(=O)(=O)c2ccccc21)ON1C(=O)c2ccccc2C1=O. The zero-order valence-corrected chi connectivity index (χ0v) is 15.1. The summed E-state index contributed by atoms with van der Waals surface area (Å²) in [6, 6.07) is 12.5. The lowest BCUT2D eigenvalue weighted by Crippen LogP contribution is -2.32. The van der Waals surface area contributed by atoms with Gasteiger partial charge in [0.15, 0.2) is 0 Å². The van der Waals surface area contributed by atoms with E-state index in [2.05, 4.69) is 9.71 Å². The highest BCUT2D eigenvalue weighted by Gasteiger charge is 2.38. The number of fused-ring (bicyclic) bond motifs is 2. The normalized spacial score (nSPS) is 18.0. The van der Waals surface area contributed by atoms with Gasteiger partial charge < -0.3 is 4.84 Å². The molecule has 2 aliphatic rings. The minimum absolute atomic E-state index is 0.0891. The molecular formula is C18H13N3O6S. The van der Waals surface area contributed by atoms with E-state index in [1.165, 1.54) is 18.2 Å². The summed E-state index contributed by atoms with van der Waals surface area (Å²) < 4.78 is 26.3. The van der Waals surface area contributed by atoms with Gasteiger partial charge in [-0.1, -0.05) is 29.3 Å². The van der Waals surface area contributed by atoms with Crippen LogP contribution in [0.2, 0.25) is 0 Å². The van der Waals surface area contributed by atoms with Gasteiger partial charge in [0, 0.05) is 5.56 Å². The lowest BCUT2D eigenvalue weighted by molar-refractivity contribution is -0.168. The molecule has 1 N–H and O–H groups in total. The van der Waals surface area contributed by atoms with Crippen LogP contribution in [0.1, 0.15) is 32.7 Å². The first kappa shape index (κ1) is 17.9. The smallest absolute Gasteiger partial charge is 0.330 e. The van der Waals surface area contributed by atoms with E-state index in [9.17, 15) is 22.8 Å². The highest BCUT2D eigenvalue weighted by molar-refractivity contribution is 7.90. The van der Waals surface area contributed by atoms with Gasteiger partial charge in [-0.2, -0.15) is 0 Å². The monoisotopic (exact) mass is 399 g/mol. The predicted octanol–water partition coefficient (Wildman–Crippen LogP) is 0.870. The molecule has 2 heterocycles. The molecule has 0 aliphatic carbocycles. The van der Waals surface area contributed by atoms with Gasteiger partial charge in [0.25, 0.3) is 21.8 Å². The molecule has 0 saturated heterocycles. The summed E-state index contributed by atoms with van der Waals surface area (Å²) in [7, 11) is -3.66. The zero-order valence-electron chi connectivity index (χ0n) is 14.3. The molecule has 0 saturated carbocycles. The van der Waals surface area contributed by atoms with Gasteiger partial charge in [-0.3, -0.25) is 19.3 Å². The van der Waals surface area contributed by atoms with Crippen molar-refractivity contribution in [1.82, 2.24) is 9.79 Å². The third-order valence-corrected chi connectivity index (χ3v) is 5.60.